The second-order valence-electron chi connectivity index (χ2n) is 5.23. The Labute approximate surface area is 97.3 Å². The third-order valence-electron chi connectivity index (χ3n) is 4.01. The van der Waals surface area contributed by atoms with E-state index in [2.05, 4.69) is 23.0 Å². The molecule has 2 heterocycles. The van der Waals surface area contributed by atoms with Crippen molar-refractivity contribution in [3.8, 4) is 0 Å². The van der Waals surface area contributed by atoms with Crippen molar-refractivity contribution in [1.29, 1.82) is 0 Å². The SMILES string of the molecule is CC1NCCCn2cc(C3CCCC3)nc21. The van der Waals surface area contributed by atoms with Crippen LogP contribution in [0.15, 0.2) is 6.20 Å². The Morgan fingerprint density at radius 1 is 1.31 bits per heavy atom. The summed E-state index contributed by atoms with van der Waals surface area (Å²) in [6.45, 7) is 4.47. The van der Waals surface area contributed by atoms with Crippen molar-refractivity contribution < 1.29 is 0 Å². The first-order valence-corrected chi connectivity index (χ1v) is 6.65. The number of fused-ring (bicyclic) bond motifs is 1. The summed E-state index contributed by atoms with van der Waals surface area (Å²) < 4.78 is 2.37. The Morgan fingerprint density at radius 3 is 2.94 bits per heavy atom. The predicted octanol–water partition coefficient (Wildman–Crippen LogP) is 2.60. The number of rotatable bonds is 1. The fraction of sp³-hybridized carbons (Fsp3) is 0.769. The molecule has 3 heteroatoms. The molecule has 1 aromatic rings. The quantitative estimate of drug-likeness (QED) is 0.787. The molecule has 1 atom stereocenters. The van der Waals surface area contributed by atoms with E-state index in [0.29, 0.717) is 6.04 Å². The van der Waals surface area contributed by atoms with Gasteiger partial charge < -0.3 is 9.88 Å². The molecule has 3 rings (SSSR count). The highest BCUT2D eigenvalue weighted by Gasteiger charge is 2.23. The Bertz CT molecular complexity index is 363. The molecule has 0 amide bonds. The number of hydrogen-bond donors (Lipinski definition) is 1. The standard InChI is InChI=1S/C13H21N3/c1-10-13-15-12(11-5-2-3-6-11)9-16(13)8-4-7-14-10/h9-11,14H,2-8H2,1H3. The van der Waals surface area contributed by atoms with Crippen molar-refractivity contribution in [2.45, 2.75) is 57.5 Å². The van der Waals surface area contributed by atoms with Gasteiger partial charge in [-0.25, -0.2) is 4.98 Å². The van der Waals surface area contributed by atoms with E-state index in [4.69, 9.17) is 4.98 Å². The smallest absolute Gasteiger partial charge is 0.125 e. The lowest BCUT2D eigenvalue weighted by molar-refractivity contribution is 0.567. The number of hydrogen-bond acceptors (Lipinski definition) is 2. The maximum absolute atomic E-state index is 4.87. The number of imidazole rings is 1. The maximum atomic E-state index is 4.87. The van der Waals surface area contributed by atoms with Gasteiger partial charge in [-0.15, -0.1) is 0 Å². The van der Waals surface area contributed by atoms with E-state index in [1.54, 1.807) is 0 Å². The van der Waals surface area contributed by atoms with Crippen LogP contribution >= 0.6 is 0 Å². The van der Waals surface area contributed by atoms with Crippen LogP contribution < -0.4 is 5.32 Å². The zero-order valence-corrected chi connectivity index (χ0v) is 10.1. The molecule has 3 nitrogen and oxygen atoms in total. The first-order valence-electron chi connectivity index (χ1n) is 6.65. The molecule has 88 valence electrons. The average Bonchev–Trinajstić information content (AvgIpc) is 2.90. The van der Waals surface area contributed by atoms with Gasteiger partial charge in [0.2, 0.25) is 0 Å². The molecule has 1 aromatic heterocycles. The Hall–Kier alpha value is -0.830. The summed E-state index contributed by atoms with van der Waals surface area (Å²) in [4.78, 5) is 4.87. The highest BCUT2D eigenvalue weighted by molar-refractivity contribution is 5.13. The molecule has 1 aliphatic heterocycles. The van der Waals surface area contributed by atoms with Crippen molar-refractivity contribution in [3.05, 3.63) is 17.7 Å². The Balaban J connectivity index is 1.89. The molecule has 0 saturated heterocycles. The van der Waals surface area contributed by atoms with Gasteiger partial charge in [0.25, 0.3) is 0 Å². The summed E-state index contributed by atoms with van der Waals surface area (Å²) in [6, 6.07) is 0.414. The van der Waals surface area contributed by atoms with E-state index >= 15 is 0 Å². The molecule has 0 spiro atoms. The normalized spacial score (nSPS) is 26.7. The molecule has 1 saturated carbocycles. The molecule has 1 N–H and O–H groups in total. The summed E-state index contributed by atoms with van der Waals surface area (Å²) in [5, 5.41) is 3.52. The summed E-state index contributed by atoms with van der Waals surface area (Å²) >= 11 is 0. The van der Waals surface area contributed by atoms with Crippen LogP contribution in [-0.2, 0) is 6.54 Å². The number of nitrogens with one attached hydrogen (secondary N) is 1. The van der Waals surface area contributed by atoms with E-state index in [9.17, 15) is 0 Å². The monoisotopic (exact) mass is 219 g/mol. The first-order chi connectivity index (χ1) is 7.84. The first kappa shape index (κ1) is 10.3. The topological polar surface area (TPSA) is 29.9 Å². The van der Waals surface area contributed by atoms with Crippen LogP contribution in [-0.4, -0.2) is 16.1 Å². The largest absolute Gasteiger partial charge is 0.333 e. The molecular weight excluding hydrogens is 198 g/mol. The van der Waals surface area contributed by atoms with Crippen LogP contribution in [0.5, 0.6) is 0 Å². The second kappa shape index (κ2) is 4.21. The lowest BCUT2D eigenvalue weighted by Gasteiger charge is -2.09. The van der Waals surface area contributed by atoms with Gasteiger partial charge in [0, 0.05) is 18.7 Å². The molecule has 1 unspecified atom stereocenters. The molecule has 16 heavy (non-hydrogen) atoms. The minimum atomic E-state index is 0.414. The average molecular weight is 219 g/mol. The third kappa shape index (κ3) is 1.77. The number of nitrogens with zero attached hydrogens (tertiary/aromatic N) is 2. The van der Waals surface area contributed by atoms with Crippen molar-refractivity contribution >= 4 is 0 Å². The van der Waals surface area contributed by atoms with Gasteiger partial charge in [-0.1, -0.05) is 12.8 Å². The van der Waals surface area contributed by atoms with Crippen LogP contribution in [0.1, 0.15) is 62.5 Å². The Morgan fingerprint density at radius 2 is 2.12 bits per heavy atom. The van der Waals surface area contributed by atoms with Crippen LogP contribution in [0, 0.1) is 0 Å². The fourth-order valence-corrected chi connectivity index (χ4v) is 3.05. The molecule has 1 aliphatic carbocycles. The lowest BCUT2D eigenvalue weighted by atomic mass is 10.1. The highest BCUT2D eigenvalue weighted by Crippen LogP contribution is 2.34. The molecular formula is C13H21N3. The minimum absolute atomic E-state index is 0.414. The summed E-state index contributed by atoms with van der Waals surface area (Å²) in [5.74, 6) is 1.99. The van der Waals surface area contributed by atoms with Crippen molar-refractivity contribution in [1.82, 2.24) is 14.9 Å². The van der Waals surface area contributed by atoms with Crippen LogP contribution in [0.4, 0.5) is 0 Å². The molecule has 1 fully saturated rings. The summed E-state index contributed by atoms with van der Waals surface area (Å²) in [6.07, 6.45) is 9.00. The van der Waals surface area contributed by atoms with Gasteiger partial charge in [0.15, 0.2) is 0 Å². The van der Waals surface area contributed by atoms with Gasteiger partial charge in [-0.3, -0.25) is 0 Å². The van der Waals surface area contributed by atoms with Crippen molar-refractivity contribution in [3.63, 3.8) is 0 Å². The highest BCUT2D eigenvalue weighted by atomic mass is 15.1. The van der Waals surface area contributed by atoms with Crippen LogP contribution in [0.2, 0.25) is 0 Å². The van der Waals surface area contributed by atoms with Gasteiger partial charge in [0.05, 0.1) is 11.7 Å². The summed E-state index contributed by atoms with van der Waals surface area (Å²) in [7, 11) is 0. The van der Waals surface area contributed by atoms with Crippen molar-refractivity contribution in [2.24, 2.45) is 0 Å². The third-order valence-corrected chi connectivity index (χ3v) is 4.01. The summed E-state index contributed by atoms with van der Waals surface area (Å²) in [5.41, 5.74) is 1.35. The van der Waals surface area contributed by atoms with Gasteiger partial charge in [-0.05, 0) is 32.7 Å². The van der Waals surface area contributed by atoms with E-state index in [-0.39, 0.29) is 0 Å². The Kier molecular flexibility index (Phi) is 2.72. The van der Waals surface area contributed by atoms with Gasteiger partial charge in [-0.2, -0.15) is 0 Å². The number of aromatic nitrogens is 2. The predicted molar refractivity (Wildman–Crippen MR) is 64.5 cm³/mol. The van der Waals surface area contributed by atoms with E-state index in [1.165, 1.54) is 43.6 Å². The zero-order chi connectivity index (χ0) is 11.0. The molecule has 0 aromatic carbocycles. The van der Waals surface area contributed by atoms with E-state index in [1.807, 2.05) is 0 Å². The fourth-order valence-electron chi connectivity index (χ4n) is 3.05. The molecule has 0 bridgehead atoms. The zero-order valence-electron chi connectivity index (χ0n) is 10.1. The lowest BCUT2D eigenvalue weighted by Crippen LogP contribution is -2.18. The van der Waals surface area contributed by atoms with E-state index in [0.717, 1.165) is 19.0 Å². The number of aryl methyl sites for hydroxylation is 1. The van der Waals surface area contributed by atoms with Crippen LogP contribution in [0.3, 0.4) is 0 Å². The molecule has 2 aliphatic rings. The molecule has 0 radical (unpaired) electrons. The van der Waals surface area contributed by atoms with Gasteiger partial charge in [0.1, 0.15) is 5.82 Å². The maximum Gasteiger partial charge on any atom is 0.125 e. The van der Waals surface area contributed by atoms with Gasteiger partial charge >= 0.3 is 0 Å². The van der Waals surface area contributed by atoms with Crippen molar-refractivity contribution in [2.75, 3.05) is 6.54 Å². The van der Waals surface area contributed by atoms with E-state index < -0.39 is 0 Å². The second-order valence-corrected chi connectivity index (χ2v) is 5.23. The minimum Gasteiger partial charge on any atom is -0.333 e. The van der Waals surface area contributed by atoms with Crippen LogP contribution in [0.25, 0.3) is 0 Å².